The Morgan fingerprint density at radius 3 is 2.68 bits per heavy atom. The van der Waals surface area contributed by atoms with Crippen LogP contribution in [-0.2, 0) is 16.1 Å². The summed E-state index contributed by atoms with van der Waals surface area (Å²) in [6.07, 6.45) is 5.70. The molecule has 0 saturated heterocycles. The Morgan fingerprint density at radius 2 is 2.00 bits per heavy atom. The third-order valence-electron chi connectivity index (χ3n) is 5.01. The van der Waals surface area contributed by atoms with E-state index in [0.29, 0.717) is 23.9 Å². The van der Waals surface area contributed by atoms with Gasteiger partial charge in [0.2, 0.25) is 5.91 Å². The van der Waals surface area contributed by atoms with Gasteiger partial charge in [0.25, 0.3) is 0 Å². The molecular formula is C19H26N2O4. The van der Waals surface area contributed by atoms with Crippen molar-refractivity contribution in [2.45, 2.75) is 58.5 Å². The number of aromatic nitrogens is 1. The second-order valence-electron chi connectivity index (χ2n) is 6.74. The summed E-state index contributed by atoms with van der Waals surface area (Å²) in [5.74, 6) is 0.329. The first-order valence-electron chi connectivity index (χ1n) is 9.03. The Morgan fingerprint density at radius 1 is 1.28 bits per heavy atom. The zero-order valence-electron chi connectivity index (χ0n) is 15.2. The standard InChI is InChI=1S/C19H26N2O4/c1-4-24-19(23)16-11-17-15(10-13(2)25-17)21(16)12-18(22)20(3)14-8-6-5-7-9-14/h10-11,14H,4-9,12H2,1-3H3. The lowest BCUT2D eigenvalue weighted by molar-refractivity contribution is -0.133. The van der Waals surface area contributed by atoms with Crippen molar-refractivity contribution in [3.8, 4) is 0 Å². The lowest BCUT2D eigenvalue weighted by Gasteiger charge is -2.31. The first-order chi connectivity index (χ1) is 12.0. The number of rotatable bonds is 5. The van der Waals surface area contributed by atoms with Gasteiger partial charge in [0, 0.05) is 25.2 Å². The van der Waals surface area contributed by atoms with Crippen molar-refractivity contribution in [1.82, 2.24) is 9.47 Å². The summed E-state index contributed by atoms with van der Waals surface area (Å²) >= 11 is 0. The summed E-state index contributed by atoms with van der Waals surface area (Å²) in [4.78, 5) is 26.9. The number of hydrogen-bond acceptors (Lipinski definition) is 4. The molecule has 1 aliphatic rings. The fourth-order valence-electron chi connectivity index (χ4n) is 3.63. The van der Waals surface area contributed by atoms with Gasteiger partial charge in [-0.05, 0) is 26.7 Å². The maximum Gasteiger partial charge on any atom is 0.355 e. The monoisotopic (exact) mass is 346 g/mol. The van der Waals surface area contributed by atoms with Crippen molar-refractivity contribution in [2.24, 2.45) is 0 Å². The van der Waals surface area contributed by atoms with Gasteiger partial charge in [-0.1, -0.05) is 19.3 Å². The van der Waals surface area contributed by atoms with Crippen LogP contribution in [0, 0.1) is 6.92 Å². The molecule has 25 heavy (non-hydrogen) atoms. The number of amides is 1. The van der Waals surface area contributed by atoms with E-state index in [1.54, 1.807) is 17.6 Å². The maximum absolute atomic E-state index is 12.8. The highest BCUT2D eigenvalue weighted by Gasteiger charge is 2.25. The minimum absolute atomic E-state index is 0.00815. The van der Waals surface area contributed by atoms with Crippen molar-refractivity contribution in [3.63, 3.8) is 0 Å². The number of esters is 1. The fourth-order valence-corrected chi connectivity index (χ4v) is 3.63. The van der Waals surface area contributed by atoms with Crippen molar-refractivity contribution in [3.05, 3.63) is 23.6 Å². The lowest BCUT2D eigenvalue weighted by atomic mass is 9.94. The first kappa shape index (κ1) is 17.6. The summed E-state index contributed by atoms with van der Waals surface area (Å²) in [6, 6.07) is 3.81. The molecule has 0 aliphatic heterocycles. The molecule has 2 aromatic rings. The van der Waals surface area contributed by atoms with Gasteiger partial charge in [-0.15, -0.1) is 0 Å². The van der Waals surface area contributed by atoms with Crippen LogP contribution in [0.25, 0.3) is 11.1 Å². The number of carbonyl (C=O) groups excluding carboxylic acids is 2. The van der Waals surface area contributed by atoms with Gasteiger partial charge in [-0.3, -0.25) is 4.79 Å². The van der Waals surface area contributed by atoms with E-state index in [1.165, 1.54) is 19.3 Å². The normalized spacial score (nSPS) is 15.5. The van der Waals surface area contributed by atoms with Crippen LogP contribution in [0.4, 0.5) is 0 Å². The number of fused-ring (bicyclic) bond motifs is 1. The van der Waals surface area contributed by atoms with Gasteiger partial charge in [0.1, 0.15) is 18.0 Å². The minimum atomic E-state index is -0.431. The molecule has 0 bridgehead atoms. The van der Waals surface area contributed by atoms with E-state index in [0.717, 1.165) is 24.1 Å². The van der Waals surface area contributed by atoms with E-state index in [9.17, 15) is 9.59 Å². The Kier molecular flexibility index (Phi) is 5.16. The molecule has 1 saturated carbocycles. The van der Waals surface area contributed by atoms with Gasteiger partial charge >= 0.3 is 5.97 Å². The van der Waals surface area contributed by atoms with Gasteiger partial charge in [-0.2, -0.15) is 0 Å². The SMILES string of the molecule is CCOC(=O)c1cc2oc(C)cc2n1CC(=O)N(C)C1CCCCC1. The van der Waals surface area contributed by atoms with Crippen LogP contribution < -0.4 is 0 Å². The molecule has 6 heteroatoms. The van der Waals surface area contributed by atoms with Crippen LogP contribution >= 0.6 is 0 Å². The highest BCUT2D eigenvalue weighted by molar-refractivity contribution is 5.95. The van der Waals surface area contributed by atoms with Crippen LogP contribution in [-0.4, -0.2) is 41.0 Å². The van der Waals surface area contributed by atoms with Crippen molar-refractivity contribution >= 4 is 23.0 Å². The molecule has 0 N–H and O–H groups in total. The van der Waals surface area contributed by atoms with E-state index in [-0.39, 0.29) is 12.5 Å². The molecular weight excluding hydrogens is 320 g/mol. The first-order valence-corrected chi connectivity index (χ1v) is 9.03. The lowest BCUT2D eigenvalue weighted by Crippen LogP contribution is -2.40. The van der Waals surface area contributed by atoms with E-state index >= 15 is 0 Å². The zero-order chi connectivity index (χ0) is 18.0. The van der Waals surface area contributed by atoms with E-state index < -0.39 is 5.97 Å². The molecule has 3 rings (SSSR count). The number of aryl methyl sites for hydroxylation is 1. The summed E-state index contributed by atoms with van der Waals surface area (Å²) in [5, 5.41) is 0. The Labute approximate surface area is 147 Å². The number of nitrogens with zero attached hydrogens (tertiary/aromatic N) is 2. The van der Waals surface area contributed by atoms with Crippen LogP contribution in [0.2, 0.25) is 0 Å². The molecule has 1 aliphatic carbocycles. The van der Waals surface area contributed by atoms with Crippen molar-refractivity contribution in [2.75, 3.05) is 13.7 Å². The number of ether oxygens (including phenoxy) is 1. The van der Waals surface area contributed by atoms with Gasteiger partial charge < -0.3 is 18.6 Å². The number of furan rings is 1. The molecule has 1 amide bonds. The number of hydrogen-bond donors (Lipinski definition) is 0. The summed E-state index contributed by atoms with van der Waals surface area (Å²) < 4.78 is 12.5. The summed E-state index contributed by atoms with van der Waals surface area (Å²) in [7, 11) is 1.86. The molecule has 0 unspecified atom stereocenters. The van der Waals surface area contributed by atoms with Gasteiger partial charge in [0.05, 0.1) is 12.1 Å². The zero-order valence-corrected chi connectivity index (χ0v) is 15.2. The Balaban J connectivity index is 1.86. The van der Waals surface area contributed by atoms with E-state index in [4.69, 9.17) is 9.15 Å². The summed E-state index contributed by atoms with van der Waals surface area (Å²) in [6.45, 7) is 4.02. The molecule has 2 heterocycles. The molecule has 1 fully saturated rings. The van der Waals surface area contributed by atoms with E-state index in [1.807, 2.05) is 24.9 Å². The molecule has 0 aromatic carbocycles. The topological polar surface area (TPSA) is 64.7 Å². The Hall–Kier alpha value is -2.24. The fraction of sp³-hybridized carbons (Fsp3) is 0.579. The number of likely N-dealkylation sites (N-methyl/N-ethyl adjacent to an activating group) is 1. The molecule has 2 aromatic heterocycles. The molecule has 0 atom stereocenters. The minimum Gasteiger partial charge on any atom is -0.461 e. The second kappa shape index (κ2) is 7.33. The van der Waals surface area contributed by atoms with Crippen LogP contribution in [0.15, 0.2) is 16.5 Å². The summed E-state index contributed by atoms with van der Waals surface area (Å²) in [5.41, 5.74) is 1.72. The molecule has 6 nitrogen and oxygen atoms in total. The van der Waals surface area contributed by atoms with Gasteiger partial charge in [0.15, 0.2) is 5.58 Å². The molecule has 0 spiro atoms. The largest absolute Gasteiger partial charge is 0.461 e. The number of carbonyl (C=O) groups is 2. The predicted octanol–water partition coefficient (Wildman–Crippen LogP) is 3.51. The molecule has 136 valence electrons. The van der Waals surface area contributed by atoms with Crippen LogP contribution in [0.3, 0.4) is 0 Å². The maximum atomic E-state index is 12.8. The smallest absolute Gasteiger partial charge is 0.355 e. The quantitative estimate of drug-likeness (QED) is 0.777. The van der Waals surface area contributed by atoms with Crippen LogP contribution in [0.1, 0.15) is 55.3 Å². The highest BCUT2D eigenvalue weighted by atomic mass is 16.5. The average Bonchev–Trinajstić information content (AvgIpc) is 3.12. The third-order valence-corrected chi connectivity index (χ3v) is 5.01. The third kappa shape index (κ3) is 3.57. The van der Waals surface area contributed by atoms with Crippen molar-refractivity contribution in [1.29, 1.82) is 0 Å². The predicted molar refractivity (Wildman–Crippen MR) is 94.5 cm³/mol. The van der Waals surface area contributed by atoms with Gasteiger partial charge in [-0.25, -0.2) is 4.79 Å². The Bertz CT molecular complexity index is 768. The molecule has 0 radical (unpaired) electrons. The van der Waals surface area contributed by atoms with Crippen molar-refractivity contribution < 1.29 is 18.7 Å². The second-order valence-corrected chi connectivity index (χ2v) is 6.74. The van der Waals surface area contributed by atoms with E-state index in [2.05, 4.69) is 0 Å². The highest BCUT2D eigenvalue weighted by Crippen LogP contribution is 2.26. The average molecular weight is 346 g/mol. The van der Waals surface area contributed by atoms with Crippen LogP contribution in [0.5, 0.6) is 0 Å².